The summed E-state index contributed by atoms with van der Waals surface area (Å²) in [6.07, 6.45) is 2.78. The summed E-state index contributed by atoms with van der Waals surface area (Å²) in [7, 11) is 0. The third-order valence-corrected chi connectivity index (χ3v) is 3.73. The number of anilines is 1. The quantitative estimate of drug-likeness (QED) is 0.518. The fourth-order valence-electron chi connectivity index (χ4n) is 2.64. The Balaban J connectivity index is 2.44. The van der Waals surface area contributed by atoms with Crippen LogP contribution < -0.4 is 4.90 Å². The number of ketones is 1. The minimum Gasteiger partial charge on any atom is -0.394 e. The molecule has 1 aromatic rings. The third kappa shape index (κ3) is 2.80. The molecule has 0 radical (unpaired) electrons. The summed E-state index contributed by atoms with van der Waals surface area (Å²) in [6, 6.07) is 4.45. The molecule has 6 nitrogen and oxygen atoms in total. The molecule has 6 heteroatoms. The highest BCUT2D eigenvalue weighted by Gasteiger charge is 2.28. The van der Waals surface area contributed by atoms with Crippen LogP contribution in [0.1, 0.15) is 36.5 Å². The summed E-state index contributed by atoms with van der Waals surface area (Å²) >= 11 is 0. The number of nitrogens with zero attached hydrogens (tertiary/aromatic N) is 2. The van der Waals surface area contributed by atoms with Gasteiger partial charge in [0.25, 0.3) is 5.69 Å². The number of carbonyl (C=O) groups excluding carboxylic acids is 1. The van der Waals surface area contributed by atoms with Gasteiger partial charge in [0.2, 0.25) is 0 Å². The van der Waals surface area contributed by atoms with Gasteiger partial charge >= 0.3 is 0 Å². The van der Waals surface area contributed by atoms with Crippen molar-refractivity contribution >= 4 is 17.2 Å². The van der Waals surface area contributed by atoms with E-state index in [1.54, 1.807) is 12.1 Å². The molecule has 1 aliphatic heterocycles. The second-order valence-electron chi connectivity index (χ2n) is 5.04. The molecule has 0 aromatic heterocycles. The summed E-state index contributed by atoms with van der Waals surface area (Å²) in [5.74, 6) is -0.197. The average molecular weight is 278 g/mol. The largest absolute Gasteiger partial charge is 0.394 e. The van der Waals surface area contributed by atoms with Crippen molar-refractivity contribution in [1.82, 2.24) is 0 Å². The van der Waals surface area contributed by atoms with E-state index in [0.29, 0.717) is 17.8 Å². The molecule has 1 aliphatic rings. The number of aliphatic hydroxyl groups excluding tert-OH is 1. The number of nitro benzene ring substituents is 1. The van der Waals surface area contributed by atoms with Crippen LogP contribution in [0.2, 0.25) is 0 Å². The van der Waals surface area contributed by atoms with Crippen LogP contribution in [0.25, 0.3) is 0 Å². The number of hydrogen-bond acceptors (Lipinski definition) is 5. The highest BCUT2D eigenvalue weighted by molar-refractivity contribution is 5.95. The van der Waals surface area contributed by atoms with Crippen molar-refractivity contribution in [3.63, 3.8) is 0 Å². The lowest BCUT2D eigenvalue weighted by atomic mass is 10.0. The summed E-state index contributed by atoms with van der Waals surface area (Å²) in [5.41, 5.74) is 0.745. The number of carbonyl (C=O) groups is 1. The van der Waals surface area contributed by atoms with Gasteiger partial charge in [0.05, 0.1) is 17.6 Å². The van der Waals surface area contributed by atoms with Crippen LogP contribution in [0.3, 0.4) is 0 Å². The maximum absolute atomic E-state index is 11.4. The zero-order chi connectivity index (χ0) is 14.7. The Morgan fingerprint density at radius 3 is 2.85 bits per heavy atom. The molecule has 2 rings (SSSR count). The molecule has 1 N–H and O–H groups in total. The normalized spacial score (nSPS) is 18.9. The topological polar surface area (TPSA) is 83.7 Å². The van der Waals surface area contributed by atoms with Crippen molar-refractivity contribution < 1.29 is 14.8 Å². The molecule has 20 heavy (non-hydrogen) atoms. The Hall–Kier alpha value is -1.95. The molecule has 0 saturated carbocycles. The average Bonchev–Trinajstić information content (AvgIpc) is 2.46. The Kier molecular flexibility index (Phi) is 4.34. The van der Waals surface area contributed by atoms with Gasteiger partial charge in [0.1, 0.15) is 5.69 Å². The Labute approximate surface area is 117 Å². The lowest BCUT2D eigenvalue weighted by Crippen LogP contribution is -2.42. The highest BCUT2D eigenvalue weighted by Crippen LogP contribution is 2.33. The molecule has 1 fully saturated rings. The molecule has 1 saturated heterocycles. The Morgan fingerprint density at radius 2 is 2.25 bits per heavy atom. The second kappa shape index (κ2) is 6.00. The molecular weight excluding hydrogens is 260 g/mol. The van der Waals surface area contributed by atoms with Crippen molar-refractivity contribution in [1.29, 1.82) is 0 Å². The minimum atomic E-state index is -0.467. The zero-order valence-electron chi connectivity index (χ0n) is 11.4. The van der Waals surface area contributed by atoms with Gasteiger partial charge in [-0.2, -0.15) is 0 Å². The van der Waals surface area contributed by atoms with Gasteiger partial charge in [-0.1, -0.05) is 0 Å². The maximum Gasteiger partial charge on any atom is 0.293 e. The fraction of sp³-hybridized carbons (Fsp3) is 0.500. The Bertz CT molecular complexity index is 530. The fourth-order valence-corrected chi connectivity index (χ4v) is 2.64. The maximum atomic E-state index is 11.4. The molecule has 0 amide bonds. The number of piperidine rings is 1. The van der Waals surface area contributed by atoms with Gasteiger partial charge in [0.15, 0.2) is 5.78 Å². The smallest absolute Gasteiger partial charge is 0.293 e. The Morgan fingerprint density at radius 1 is 1.50 bits per heavy atom. The monoisotopic (exact) mass is 278 g/mol. The van der Waals surface area contributed by atoms with Crippen molar-refractivity contribution in [2.45, 2.75) is 32.2 Å². The van der Waals surface area contributed by atoms with Crippen LogP contribution in [-0.4, -0.2) is 35.0 Å². The van der Waals surface area contributed by atoms with Gasteiger partial charge in [-0.3, -0.25) is 14.9 Å². The van der Waals surface area contributed by atoms with Gasteiger partial charge in [-0.25, -0.2) is 0 Å². The van der Waals surface area contributed by atoms with Crippen LogP contribution in [-0.2, 0) is 0 Å². The standard InChI is InChI=1S/C14H18N2O4/c1-10(18)11-5-6-13(14(8-11)16(19)20)15-7-3-2-4-12(15)9-17/h5-6,8,12,17H,2-4,7,9H2,1H3. The summed E-state index contributed by atoms with van der Waals surface area (Å²) in [5, 5.41) is 20.7. The van der Waals surface area contributed by atoms with E-state index in [1.807, 2.05) is 4.90 Å². The first-order chi connectivity index (χ1) is 9.54. The van der Waals surface area contributed by atoms with Gasteiger partial charge in [0, 0.05) is 18.2 Å². The number of hydrogen-bond donors (Lipinski definition) is 1. The van der Waals surface area contributed by atoms with E-state index < -0.39 is 4.92 Å². The first-order valence-electron chi connectivity index (χ1n) is 6.71. The minimum absolute atomic E-state index is 0.0222. The van der Waals surface area contributed by atoms with Crippen LogP contribution in [0, 0.1) is 10.1 Å². The molecule has 0 spiro atoms. The summed E-state index contributed by atoms with van der Waals surface area (Å²) < 4.78 is 0. The van der Waals surface area contributed by atoms with Crippen molar-refractivity contribution in [3.8, 4) is 0 Å². The van der Waals surface area contributed by atoms with Crippen molar-refractivity contribution in [2.75, 3.05) is 18.1 Å². The molecule has 1 atom stereocenters. The molecule has 108 valence electrons. The predicted molar refractivity (Wildman–Crippen MR) is 75.2 cm³/mol. The lowest BCUT2D eigenvalue weighted by Gasteiger charge is -2.36. The molecule has 1 aromatic carbocycles. The van der Waals surface area contributed by atoms with E-state index in [4.69, 9.17) is 0 Å². The number of benzene rings is 1. The van der Waals surface area contributed by atoms with E-state index in [0.717, 1.165) is 19.3 Å². The molecule has 1 heterocycles. The van der Waals surface area contributed by atoms with E-state index in [2.05, 4.69) is 0 Å². The summed E-state index contributed by atoms with van der Waals surface area (Å²) in [6.45, 7) is 2.05. The van der Waals surface area contributed by atoms with Crippen LogP contribution in [0.4, 0.5) is 11.4 Å². The van der Waals surface area contributed by atoms with Crippen LogP contribution in [0.15, 0.2) is 18.2 Å². The summed E-state index contributed by atoms with van der Waals surface area (Å²) in [4.78, 5) is 24.0. The van der Waals surface area contributed by atoms with E-state index in [1.165, 1.54) is 13.0 Å². The molecular formula is C14H18N2O4. The van der Waals surface area contributed by atoms with Gasteiger partial charge in [-0.15, -0.1) is 0 Å². The van der Waals surface area contributed by atoms with Crippen molar-refractivity contribution in [3.05, 3.63) is 33.9 Å². The number of nitro groups is 1. The highest BCUT2D eigenvalue weighted by atomic mass is 16.6. The first-order valence-corrected chi connectivity index (χ1v) is 6.71. The van der Waals surface area contributed by atoms with E-state index in [-0.39, 0.29) is 24.1 Å². The number of rotatable bonds is 4. The lowest BCUT2D eigenvalue weighted by molar-refractivity contribution is -0.384. The molecule has 0 bridgehead atoms. The number of aliphatic hydroxyl groups is 1. The van der Waals surface area contributed by atoms with Crippen LogP contribution >= 0.6 is 0 Å². The van der Waals surface area contributed by atoms with Gasteiger partial charge < -0.3 is 10.0 Å². The third-order valence-electron chi connectivity index (χ3n) is 3.73. The van der Waals surface area contributed by atoms with Crippen LogP contribution in [0.5, 0.6) is 0 Å². The second-order valence-corrected chi connectivity index (χ2v) is 5.04. The predicted octanol–water partition coefficient (Wildman–Crippen LogP) is 2.15. The molecule has 0 aliphatic carbocycles. The molecule has 1 unspecified atom stereocenters. The zero-order valence-corrected chi connectivity index (χ0v) is 11.4. The van der Waals surface area contributed by atoms with E-state index in [9.17, 15) is 20.0 Å². The SMILES string of the molecule is CC(=O)c1ccc(N2CCCCC2CO)c([N+](=O)[O-])c1. The van der Waals surface area contributed by atoms with Crippen molar-refractivity contribution in [2.24, 2.45) is 0 Å². The first kappa shape index (κ1) is 14.5. The van der Waals surface area contributed by atoms with Gasteiger partial charge in [-0.05, 0) is 38.3 Å². The number of Topliss-reactive ketones (excluding diaryl/α,β-unsaturated/α-hetero) is 1. The van der Waals surface area contributed by atoms with E-state index >= 15 is 0 Å².